The molecular weight excluding hydrogens is 399 g/mol. The van der Waals surface area contributed by atoms with Crippen molar-refractivity contribution in [2.24, 2.45) is 4.99 Å². The van der Waals surface area contributed by atoms with E-state index in [1.807, 2.05) is 6.92 Å². The van der Waals surface area contributed by atoms with E-state index in [1.54, 1.807) is 19.2 Å². The van der Waals surface area contributed by atoms with E-state index < -0.39 is 9.84 Å². The summed E-state index contributed by atoms with van der Waals surface area (Å²) in [6.45, 7) is 2.70. The Kier molecular flexibility index (Phi) is 9.18. The van der Waals surface area contributed by atoms with E-state index in [9.17, 15) is 13.2 Å². The molecule has 0 saturated carbocycles. The lowest BCUT2D eigenvalue weighted by Gasteiger charge is -2.17. The van der Waals surface area contributed by atoms with E-state index in [1.165, 1.54) is 12.3 Å². The highest BCUT2D eigenvalue weighted by Gasteiger charge is 2.10. The van der Waals surface area contributed by atoms with E-state index >= 15 is 0 Å². The van der Waals surface area contributed by atoms with Gasteiger partial charge in [0.25, 0.3) is 5.91 Å². The third-order valence-corrected chi connectivity index (χ3v) is 5.13. The van der Waals surface area contributed by atoms with Crippen LogP contribution >= 0.6 is 23.2 Å². The molecule has 0 radical (unpaired) electrons. The predicted molar refractivity (Wildman–Crippen MR) is 107 cm³/mol. The molecule has 146 valence electrons. The van der Waals surface area contributed by atoms with Crippen molar-refractivity contribution in [3.8, 4) is 0 Å². The molecule has 0 saturated heterocycles. The molecule has 1 atom stereocenters. The summed E-state index contributed by atoms with van der Waals surface area (Å²) in [5, 5.41) is 9.63. The molecule has 26 heavy (non-hydrogen) atoms. The first-order valence-corrected chi connectivity index (χ1v) is 10.8. The minimum atomic E-state index is -2.99. The zero-order valence-corrected chi connectivity index (χ0v) is 17.3. The van der Waals surface area contributed by atoms with Crippen LogP contribution in [0.25, 0.3) is 0 Å². The number of amides is 1. The second kappa shape index (κ2) is 10.6. The van der Waals surface area contributed by atoms with Crippen LogP contribution in [0.5, 0.6) is 0 Å². The minimum Gasteiger partial charge on any atom is -0.355 e. The van der Waals surface area contributed by atoms with Crippen molar-refractivity contribution in [2.45, 2.75) is 19.4 Å². The molecule has 0 aliphatic heterocycles. The van der Waals surface area contributed by atoms with E-state index in [-0.39, 0.29) is 17.7 Å². The first kappa shape index (κ1) is 22.5. The molecule has 3 N–H and O–H groups in total. The van der Waals surface area contributed by atoms with Gasteiger partial charge in [0.1, 0.15) is 9.84 Å². The first-order chi connectivity index (χ1) is 12.1. The topological polar surface area (TPSA) is 99.7 Å². The molecule has 0 spiro atoms. The van der Waals surface area contributed by atoms with Gasteiger partial charge in [-0.05, 0) is 31.5 Å². The highest BCUT2D eigenvalue weighted by atomic mass is 35.5. The van der Waals surface area contributed by atoms with Crippen molar-refractivity contribution in [1.82, 2.24) is 16.0 Å². The third-order valence-electron chi connectivity index (χ3n) is 3.41. The summed E-state index contributed by atoms with van der Waals surface area (Å²) in [5.74, 6) is 0.391. The van der Waals surface area contributed by atoms with Crippen LogP contribution in [0.1, 0.15) is 23.7 Å². The van der Waals surface area contributed by atoms with E-state index in [0.29, 0.717) is 41.1 Å². The number of halogens is 2. The number of rotatable bonds is 8. The Hall–Kier alpha value is -1.51. The summed E-state index contributed by atoms with van der Waals surface area (Å²) in [7, 11) is -1.37. The minimum absolute atomic E-state index is 0.0540. The number of carbonyl (C=O) groups excluding carboxylic acids is 1. The fourth-order valence-electron chi connectivity index (χ4n) is 1.99. The summed E-state index contributed by atoms with van der Waals surface area (Å²) in [4.78, 5) is 16.1. The number of nitrogens with one attached hydrogen (secondary N) is 3. The van der Waals surface area contributed by atoms with Gasteiger partial charge in [-0.25, -0.2) is 8.42 Å². The van der Waals surface area contributed by atoms with Crippen LogP contribution in [0.2, 0.25) is 10.0 Å². The maximum Gasteiger partial charge on any atom is 0.251 e. The zero-order valence-electron chi connectivity index (χ0n) is 15.0. The van der Waals surface area contributed by atoms with Crippen LogP contribution in [0.15, 0.2) is 23.2 Å². The predicted octanol–water partition coefficient (Wildman–Crippen LogP) is 1.71. The van der Waals surface area contributed by atoms with Gasteiger partial charge in [-0.2, -0.15) is 0 Å². The van der Waals surface area contributed by atoms with Gasteiger partial charge < -0.3 is 16.0 Å². The van der Waals surface area contributed by atoms with Crippen LogP contribution in [0.4, 0.5) is 0 Å². The number of carbonyl (C=O) groups is 1. The van der Waals surface area contributed by atoms with E-state index in [4.69, 9.17) is 23.2 Å². The average molecular weight is 423 g/mol. The Bertz CT molecular complexity index is 754. The summed E-state index contributed by atoms with van der Waals surface area (Å²) in [5.41, 5.74) is 0.427. The van der Waals surface area contributed by atoms with Crippen molar-refractivity contribution in [1.29, 1.82) is 0 Å². The summed E-state index contributed by atoms with van der Waals surface area (Å²) < 4.78 is 22.4. The number of sulfone groups is 1. The Labute approximate surface area is 164 Å². The third kappa shape index (κ3) is 8.73. The lowest BCUT2D eigenvalue weighted by Crippen LogP contribution is -2.45. The van der Waals surface area contributed by atoms with Gasteiger partial charge in [0.05, 0.1) is 15.8 Å². The molecule has 1 rings (SSSR count). The molecule has 0 aliphatic rings. The van der Waals surface area contributed by atoms with E-state index in [2.05, 4.69) is 20.9 Å². The monoisotopic (exact) mass is 422 g/mol. The smallest absolute Gasteiger partial charge is 0.251 e. The molecule has 1 unspecified atom stereocenters. The standard InChI is InChI=1S/C16H24Cl2N4O3S/c1-11(6-9-26(3,24)25)22-16(19-2)21-8-7-20-15(23)12-4-5-13(17)14(18)10-12/h4-5,10-11H,6-9H2,1-3H3,(H,20,23)(H2,19,21,22). The molecule has 0 fully saturated rings. The highest BCUT2D eigenvalue weighted by Crippen LogP contribution is 2.22. The molecule has 0 bridgehead atoms. The molecular formula is C16H24Cl2N4O3S. The molecule has 1 aromatic rings. The van der Waals surface area contributed by atoms with Gasteiger partial charge in [-0.15, -0.1) is 0 Å². The SMILES string of the molecule is CN=C(NCCNC(=O)c1ccc(Cl)c(Cl)c1)NC(C)CCS(C)(=O)=O. The van der Waals surface area contributed by atoms with Crippen molar-refractivity contribution in [2.75, 3.05) is 32.1 Å². The van der Waals surface area contributed by atoms with Crippen LogP contribution in [0.3, 0.4) is 0 Å². The highest BCUT2D eigenvalue weighted by molar-refractivity contribution is 7.90. The summed E-state index contributed by atoms with van der Waals surface area (Å²) in [6, 6.07) is 4.62. The number of hydrogen-bond donors (Lipinski definition) is 3. The number of guanidine groups is 1. The van der Waals surface area contributed by atoms with Gasteiger partial charge in [0, 0.05) is 38.0 Å². The number of nitrogens with zero attached hydrogens (tertiary/aromatic N) is 1. The van der Waals surface area contributed by atoms with Crippen molar-refractivity contribution >= 4 is 44.9 Å². The second-order valence-electron chi connectivity index (χ2n) is 5.85. The summed E-state index contributed by atoms with van der Waals surface area (Å²) >= 11 is 11.7. The van der Waals surface area contributed by atoms with Crippen molar-refractivity contribution in [3.63, 3.8) is 0 Å². The Morgan fingerprint density at radius 3 is 2.42 bits per heavy atom. The Balaban J connectivity index is 2.36. The van der Waals surface area contributed by atoms with Crippen LogP contribution in [-0.2, 0) is 9.84 Å². The lowest BCUT2D eigenvalue weighted by atomic mass is 10.2. The maximum absolute atomic E-state index is 12.0. The molecule has 0 aromatic heterocycles. The first-order valence-electron chi connectivity index (χ1n) is 8.00. The van der Waals surface area contributed by atoms with E-state index in [0.717, 1.165) is 0 Å². The Morgan fingerprint density at radius 1 is 1.19 bits per heavy atom. The maximum atomic E-state index is 12.0. The summed E-state index contributed by atoms with van der Waals surface area (Å²) in [6.07, 6.45) is 1.69. The number of hydrogen-bond acceptors (Lipinski definition) is 4. The zero-order chi connectivity index (χ0) is 19.7. The van der Waals surface area contributed by atoms with Crippen molar-refractivity contribution < 1.29 is 13.2 Å². The second-order valence-corrected chi connectivity index (χ2v) is 8.92. The molecule has 0 heterocycles. The largest absolute Gasteiger partial charge is 0.355 e. The number of aliphatic imine (C=N–C) groups is 1. The molecule has 1 amide bonds. The van der Waals surface area contributed by atoms with Crippen LogP contribution in [0, 0.1) is 0 Å². The number of benzene rings is 1. The molecule has 1 aromatic carbocycles. The fourth-order valence-corrected chi connectivity index (χ4v) is 3.07. The lowest BCUT2D eigenvalue weighted by molar-refractivity contribution is 0.0954. The normalized spacial score (nSPS) is 13.2. The van der Waals surface area contributed by atoms with Crippen molar-refractivity contribution in [3.05, 3.63) is 33.8 Å². The van der Waals surface area contributed by atoms with Crippen LogP contribution in [-0.4, -0.2) is 58.5 Å². The van der Waals surface area contributed by atoms with Gasteiger partial charge in [-0.3, -0.25) is 9.79 Å². The fraction of sp³-hybridized carbons (Fsp3) is 0.500. The van der Waals surface area contributed by atoms with Gasteiger partial charge >= 0.3 is 0 Å². The average Bonchev–Trinajstić information content (AvgIpc) is 2.57. The van der Waals surface area contributed by atoms with Crippen LogP contribution < -0.4 is 16.0 Å². The quantitative estimate of drug-likeness (QED) is 0.336. The molecule has 10 heteroatoms. The van der Waals surface area contributed by atoms with Gasteiger partial charge in [-0.1, -0.05) is 23.2 Å². The van der Waals surface area contributed by atoms with Gasteiger partial charge in [0.15, 0.2) is 5.96 Å². The Morgan fingerprint density at radius 2 is 1.85 bits per heavy atom. The molecule has 0 aliphatic carbocycles. The van der Waals surface area contributed by atoms with Gasteiger partial charge in [0.2, 0.25) is 0 Å². The molecule has 7 nitrogen and oxygen atoms in total.